The largest absolute Gasteiger partial charge is 0.493 e. The van der Waals surface area contributed by atoms with E-state index in [4.69, 9.17) is 14.2 Å². The van der Waals surface area contributed by atoms with E-state index in [2.05, 4.69) is 5.32 Å². The summed E-state index contributed by atoms with van der Waals surface area (Å²) in [6.45, 7) is 1.66. The zero-order valence-electron chi connectivity index (χ0n) is 13.8. The van der Waals surface area contributed by atoms with Crippen molar-refractivity contribution in [2.75, 3.05) is 20.8 Å². The molecule has 24 heavy (non-hydrogen) atoms. The monoisotopic (exact) mass is 329 g/mol. The van der Waals surface area contributed by atoms with Crippen LogP contribution in [0.2, 0.25) is 0 Å². The van der Waals surface area contributed by atoms with Crippen LogP contribution in [0.25, 0.3) is 0 Å². The van der Waals surface area contributed by atoms with Gasteiger partial charge in [0.25, 0.3) is 5.91 Å². The molecule has 6 nitrogen and oxygen atoms in total. The highest BCUT2D eigenvalue weighted by Gasteiger charge is 2.12. The number of aryl methyl sites for hydroxylation is 1. The molecule has 2 rings (SSSR count). The summed E-state index contributed by atoms with van der Waals surface area (Å²) in [6.07, 6.45) is 0. The van der Waals surface area contributed by atoms with Crippen LogP contribution in [0.4, 0.5) is 0 Å². The number of rotatable bonds is 6. The third kappa shape index (κ3) is 4.49. The fraction of sp³-hybridized carbons (Fsp3) is 0.222. The van der Waals surface area contributed by atoms with Gasteiger partial charge < -0.3 is 19.5 Å². The average Bonchev–Trinajstić information content (AvgIpc) is 2.59. The Kier molecular flexibility index (Phi) is 5.78. The van der Waals surface area contributed by atoms with E-state index in [-0.39, 0.29) is 6.54 Å². The van der Waals surface area contributed by atoms with Crippen LogP contribution in [0.15, 0.2) is 42.5 Å². The van der Waals surface area contributed by atoms with E-state index in [9.17, 15) is 9.59 Å². The van der Waals surface area contributed by atoms with Gasteiger partial charge in [0.15, 0.2) is 11.5 Å². The van der Waals surface area contributed by atoms with Gasteiger partial charge >= 0.3 is 5.97 Å². The molecule has 0 aromatic heterocycles. The van der Waals surface area contributed by atoms with Gasteiger partial charge in [0.2, 0.25) is 0 Å². The normalized spacial score (nSPS) is 9.96. The van der Waals surface area contributed by atoms with E-state index >= 15 is 0 Å². The van der Waals surface area contributed by atoms with Gasteiger partial charge in [0.05, 0.1) is 14.2 Å². The minimum absolute atomic E-state index is 0.235. The van der Waals surface area contributed by atoms with Crippen molar-refractivity contribution in [1.82, 2.24) is 5.32 Å². The topological polar surface area (TPSA) is 73.9 Å². The summed E-state index contributed by atoms with van der Waals surface area (Å²) >= 11 is 0. The van der Waals surface area contributed by atoms with E-state index in [1.807, 2.05) is 13.0 Å². The van der Waals surface area contributed by atoms with Crippen molar-refractivity contribution in [2.24, 2.45) is 0 Å². The SMILES string of the molecule is COc1ccc(C(=O)NCC(=O)Oc2cccc(C)c2)cc1OC. The van der Waals surface area contributed by atoms with Crippen molar-refractivity contribution in [3.05, 3.63) is 53.6 Å². The maximum Gasteiger partial charge on any atom is 0.330 e. The Morgan fingerprint density at radius 1 is 1.00 bits per heavy atom. The first-order valence-electron chi connectivity index (χ1n) is 7.31. The highest BCUT2D eigenvalue weighted by atomic mass is 16.5. The van der Waals surface area contributed by atoms with E-state index < -0.39 is 11.9 Å². The molecule has 0 unspecified atom stereocenters. The molecule has 2 aromatic carbocycles. The maximum absolute atomic E-state index is 12.1. The number of ether oxygens (including phenoxy) is 3. The number of esters is 1. The molecule has 0 fully saturated rings. The minimum atomic E-state index is -0.547. The molecular weight excluding hydrogens is 310 g/mol. The highest BCUT2D eigenvalue weighted by Crippen LogP contribution is 2.27. The molecule has 0 aliphatic rings. The van der Waals surface area contributed by atoms with Crippen LogP contribution >= 0.6 is 0 Å². The lowest BCUT2D eigenvalue weighted by Gasteiger charge is -2.10. The molecule has 1 amide bonds. The molecule has 0 saturated carbocycles. The zero-order chi connectivity index (χ0) is 17.5. The molecular formula is C18H19NO5. The van der Waals surface area contributed by atoms with E-state index in [1.165, 1.54) is 14.2 Å². The quantitative estimate of drug-likeness (QED) is 0.650. The number of carbonyl (C=O) groups excluding carboxylic acids is 2. The molecule has 0 heterocycles. The van der Waals surface area contributed by atoms with Crippen LogP contribution in [0.5, 0.6) is 17.2 Å². The molecule has 0 bridgehead atoms. The zero-order valence-corrected chi connectivity index (χ0v) is 13.8. The molecule has 2 aromatic rings. The Morgan fingerprint density at radius 2 is 1.75 bits per heavy atom. The van der Waals surface area contributed by atoms with Gasteiger partial charge in [-0.15, -0.1) is 0 Å². The smallest absolute Gasteiger partial charge is 0.330 e. The summed E-state index contributed by atoms with van der Waals surface area (Å²) in [5.41, 5.74) is 1.34. The van der Waals surface area contributed by atoms with Gasteiger partial charge in [-0.2, -0.15) is 0 Å². The van der Waals surface area contributed by atoms with Crippen molar-refractivity contribution in [3.8, 4) is 17.2 Å². The molecule has 0 atom stereocenters. The van der Waals surface area contributed by atoms with Crippen molar-refractivity contribution in [3.63, 3.8) is 0 Å². The number of hydrogen-bond donors (Lipinski definition) is 1. The van der Waals surface area contributed by atoms with Gasteiger partial charge in [-0.1, -0.05) is 12.1 Å². The van der Waals surface area contributed by atoms with Crippen LogP contribution in [-0.2, 0) is 4.79 Å². The predicted molar refractivity (Wildman–Crippen MR) is 88.7 cm³/mol. The van der Waals surface area contributed by atoms with Crippen molar-refractivity contribution < 1.29 is 23.8 Å². The van der Waals surface area contributed by atoms with E-state index in [1.54, 1.807) is 36.4 Å². The molecule has 0 saturated heterocycles. The fourth-order valence-corrected chi connectivity index (χ4v) is 2.08. The summed E-state index contributed by atoms with van der Waals surface area (Å²) < 4.78 is 15.4. The average molecular weight is 329 g/mol. The molecule has 126 valence electrons. The number of hydrogen-bond acceptors (Lipinski definition) is 5. The second-order valence-electron chi connectivity index (χ2n) is 5.04. The number of carbonyl (C=O) groups is 2. The fourth-order valence-electron chi connectivity index (χ4n) is 2.08. The minimum Gasteiger partial charge on any atom is -0.493 e. The van der Waals surface area contributed by atoms with Crippen LogP contribution < -0.4 is 19.5 Å². The van der Waals surface area contributed by atoms with Gasteiger partial charge in [0.1, 0.15) is 12.3 Å². The van der Waals surface area contributed by atoms with E-state index in [0.717, 1.165) is 5.56 Å². The highest BCUT2D eigenvalue weighted by molar-refractivity contribution is 5.96. The van der Waals surface area contributed by atoms with Gasteiger partial charge in [-0.3, -0.25) is 4.79 Å². The summed E-state index contributed by atoms with van der Waals surface area (Å²) in [4.78, 5) is 23.9. The summed E-state index contributed by atoms with van der Waals surface area (Å²) in [6, 6.07) is 11.9. The molecule has 6 heteroatoms. The molecule has 0 aliphatic heterocycles. The molecule has 0 aliphatic carbocycles. The maximum atomic E-state index is 12.1. The Labute approximate surface area is 140 Å². The first-order chi connectivity index (χ1) is 11.5. The van der Waals surface area contributed by atoms with Crippen molar-refractivity contribution in [1.29, 1.82) is 0 Å². The van der Waals surface area contributed by atoms with Crippen LogP contribution in [0.1, 0.15) is 15.9 Å². The second kappa shape index (κ2) is 8.01. The lowest BCUT2D eigenvalue weighted by atomic mass is 10.2. The molecule has 1 N–H and O–H groups in total. The summed E-state index contributed by atoms with van der Waals surface area (Å²) in [7, 11) is 3.00. The standard InChI is InChI=1S/C18H19NO5/c1-12-5-4-6-14(9-12)24-17(20)11-19-18(21)13-7-8-15(22-2)16(10-13)23-3/h4-10H,11H2,1-3H3,(H,19,21). The lowest BCUT2D eigenvalue weighted by molar-refractivity contribution is -0.133. The Balaban J connectivity index is 1.94. The van der Waals surface area contributed by atoms with Crippen molar-refractivity contribution in [2.45, 2.75) is 6.92 Å². The number of nitrogens with one attached hydrogen (secondary N) is 1. The van der Waals surface area contributed by atoms with Crippen LogP contribution in [0, 0.1) is 6.92 Å². The Bertz CT molecular complexity index is 742. The van der Waals surface area contributed by atoms with Gasteiger partial charge in [-0.25, -0.2) is 4.79 Å². The summed E-state index contributed by atoms with van der Waals surface area (Å²) in [5, 5.41) is 2.51. The predicted octanol–water partition coefficient (Wildman–Crippen LogP) is 2.35. The first-order valence-corrected chi connectivity index (χ1v) is 7.31. The van der Waals surface area contributed by atoms with Gasteiger partial charge in [0, 0.05) is 5.56 Å². The van der Waals surface area contributed by atoms with Gasteiger partial charge in [-0.05, 0) is 42.8 Å². The molecule has 0 spiro atoms. The van der Waals surface area contributed by atoms with Crippen LogP contribution in [-0.4, -0.2) is 32.6 Å². The second-order valence-corrected chi connectivity index (χ2v) is 5.04. The number of benzene rings is 2. The third-order valence-corrected chi connectivity index (χ3v) is 3.26. The Morgan fingerprint density at radius 3 is 2.42 bits per heavy atom. The van der Waals surface area contributed by atoms with E-state index in [0.29, 0.717) is 22.8 Å². The third-order valence-electron chi connectivity index (χ3n) is 3.26. The lowest BCUT2D eigenvalue weighted by Crippen LogP contribution is -2.31. The Hall–Kier alpha value is -3.02. The first kappa shape index (κ1) is 17.3. The number of amides is 1. The van der Waals surface area contributed by atoms with Crippen LogP contribution in [0.3, 0.4) is 0 Å². The summed E-state index contributed by atoms with van der Waals surface area (Å²) in [5.74, 6) is 0.451. The number of methoxy groups -OCH3 is 2. The van der Waals surface area contributed by atoms with Crippen molar-refractivity contribution >= 4 is 11.9 Å². The molecule has 0 radical (unpaired) electrons.